The van der Waals surface area contributed by atoms with Gasteiger partial charge in [0.15, 0.2) is 0 Å². The quantitative estimate of drug-likeness (QED) is 0.808. The van der Waals surface area contributed by atoms with Crippen molar-refractivity contribution in [1.29, 1.82) is 0 Å². The Morgan fingerprint density at radius 3 is 3.04 bits per heavy atom. The molecule has 23 heavy (non-hydrogen) atoms. The smallest absolute Gasteiger partial charge is 0.287 e. The summed E-state index contributed by atoms with van der Waals surface area (Å²) in [7, 11) is 0. The number of benzene rings is 1. The van der Waals surface area contributed by atoms with Crippen LogP contribution in [0.4, 0.5) is 4.39 Å². The SMILES string of the molecule is O=C(Cc1ccc(Cl)c(F)c1)C(=O)NCC12CCC[C@@H]1CNC2. The second-order valence-electron chi connectivity index (χ2n) is 6.61. The Bertz CT molecular complexity index is 625. The molecule has 1 saturated heterocycles. The maximum absolute atomic E-state index is 13.4. The van der Waals surface area contributed by atoms with Crippen LogP contribution in [0.1, 0.15) is 24.8 Å². The number of hydrogen-bond donors (Lipinski definition) is 2. The number of carbonyl (C=O) groups is 2. The Hall–Kier alpha value is -1.46. The summed E-state index contributed by atoms with van der Waals surface area (Å²) < 4.78 is 13.4. The Labute approximate surface area is 139 Å². The molecule has 1 aromatic rings. The van der Waals surface area contributed by atoms with Gasteiger partial charge in [-0.15, -0.1) is 0 Å². The molecule has 1 unspecified atom stereocenters. The van der Waals surface area contributed by atoms with Gasteiger partial charge >= 0.3 is 0 Å². The van der Waals surface area contributed by atoms with Crippen molar-refractivity contribution in [1.82, 2.24) is 10.6 Å². The molecule has 0 aromatic heterocycles. The van der Waals surface area contributed by atoms with Crippen LogP contribution in [-0.2, 0) is 16.0 Å². The lowest BCUT2D eigenvalue weighted by molar-refractivity contribution is -0.137. The lowest BCUT2D eigenvalue weighted by Gasteiger charge is -2.28. The summed E-state index contributed by atoms with van der Waals surface area (Å²) in [5.41, 5.74) is 0.550. The summed E-state index contributed by atoms with van der Waals surface area (Å²) in [6, 6.07) is 4.15. The van der Waals surface area contributed by atoms with Crippen molar-refractivity contribution in [2.45, 2.75) is 25.7 Å². The van der Waals surface area contributed by atoms with Crippen molar-refractivity contribution in [3.8, 4) is 0 Å². The van der Waals surface area contributed by atoms with Gasteiger partial charge in [-0.25, -0.2) is 4.39 Å². The molecule has 1 saturated carbocycles. The van der Waals surface area contributed by atoms with E-state index in [1.54, 1.807) is 6.07 Å². The highest BCUT2D eigenvalue weighted by Crippen LogP contribution is 2.45. The lowest BCUT2D eigenvalue weighted by Crippen LogP contribution is -2.43. The maximum atomic E-state index is 13.4. The molecule has 1 aromatic carbocycles. The van der Waals surface area contributed by atoms with Crippen LogP contribution < -0.4 is 10.6 Å². The predicted octanol–water partition coefficient (Wildman–Crippen LogP) is 2.10. The van der Waals surface area contributed by atoms with E-state index < -0.39 is 17.5 Å². The summed E-state index contributed by atoms with van der Waals surface area (Å²) in [4.78, 5) is 24.1. The van der Waals surface area contributed by atoms with Crippen molar-refractivity contribution in [3.63, 3.8) is 0 Å². The van der Waals surface area contributed by atoms with Crippen molar-refractivity contribution in [2.75, 3.05) is 19.6 Å². The fraction of sp³-hybridized carbons (Fsp3) is 0.529. The number of ketones is 1. The molecular formula is C17H20ClFN2O2. The largest absolute Gasteiger partial charge is 0.349 e. The van der Waals surface area contributed by atoms with Crippen molar-refractivity contribution >= 4 is 23.3 Å². The standard InChI is InChI=1S/C17H20ClFN2O2/c18-13-4-3-11(6-14(13)19)7-15(22)16(23)21-10-17-5-1-2-12(17)8-20-9-17/h3-4,6,12,20H,1-2,5,7-10H2,(H,21,23)/t12-,17?/m1/s1. The molecule has 6 heteroatoms. The summed E-state index contributed by atoms with van der Waals surface area (Å²) in [6.07, 6.45) is 3.33. The first-order valence-corrected chi connectivity index (χ1v) is 8.34. The molecule has 1 amide bonds. The summed E-state index contributed by atoms with van der Waals surface area (Å²) >= 11 is 5.61. The van der Waals surface area contributed by atoms with E-state index in [-0.39, 0.29) is 16.9 Å². The number of amides is 1. The van der Waals surface area contributed by atoms with E-state index in [1.807, 2.05) is 0 Å². The van der Waals surface area contributed by atoms with Crippen LogP contribution in [0.3, 0.4) is 0 Å². The summed E-state index contributed by atoms with van der Waals surface area (Å²) in [5.74, 6) is -1.14. The first kappa shape index (κ1) is 16.4. The number of carbonyl (C=O) groups excluding carboxylic acids is 2. The van der Waals surface area contributed by atoms with Gasteiger partial charge in [-0.05, 0) is 43.0 Å². The van der Waals surface area contributed by atoms with Crippen LogP contribution in [0, 0.1) is 17.2 Å². The minimum absolute atomic E-state index is 0.00533. The normalized spacial score (nSPS) is 26.1. The molecule has 0 radical (unpaired) electrons. The Kier molecular flexibility index (Phi) is 4.69. The minimum atomic E-state index is -0.590. The van der Waals surface area contributed by atoms with Crippen LogP contribution in [0.2, 0.25) is 5.02 Å². The highest BCUT2D eigenvalue weighted by Gasteiger charge is 2.46. The fourth-order valence-corrected chi connectivity index (χ4v) is 3.94. The molecule has 0 spiro atoms. The molecule has 2 N–H and O–H groups in total. The van der Waals surface area contributed by atoms with Crippen molar-refractivity contribution in [2.24, 2.45) is 11.3 Å². The van der Waals surface area contributed by atoms with E-state index in [0.29, 0.717) is 18.0 Å². The molecule has 1 aliphatic heterocycles. The van der Waals surface area contributed by atoms with E-state index in [4.69, 9.17) is 11.6 Å². The van der Waals surface area contributed by atoms with Gasteiger partial charge in [0, 0.05) is 24.9 Å². The van der Waals surface area contributed by atoms with Crippen molar-refractivity contribution in [3.05, 3.63) is 34.6 Å². The maximum Gasteiger partial charge on any atom is 0.287 e. The third-order valence-electron chi connectivity index (χ3n) is 5.16. The number of fused-ring (bicyclic) bond motifs is 1. The number of nitrogens with one attached hydrogen (secondary N) is 2. The van der Waals surface area contributed by atoms with Crippen LogP contribution in [0.25, 0.3) is 0 Å². The second kappa shape index (κ2) is 6.57. The van der Waals surface area contributed by atoms with Gasteiger partial charge in [0.05, 0.1) is 5.02 Å². The van der Waals surface area contributed by atoms with Gasteiger partial charge in [0.2, 0.25) is 5.78 Å². The van der Waals surface area contributed by atoms with Gasteiger partial charge in [0.1, 0.15) is 5.82 Å². The fourth-order valence-electron chi connectivity index (χ4n) is 3.82. The van der Waals surface area contributed by atoms with Crippen LogP contribution in [0.15, 0.2) is 18.2 Å². The Morgan fingerprint density at radius 2 is 2.26 bits per heavy atom. The first-order chi connectivity index (χ1) is 11.0. The molecule has 4 nitrogen and oxygen atoms in total. The zero-order valence-corrected chi connectivity index (χ0v) is 13.6. The molecule has 3 rings (SSSR count). The topological polar surface area (TPSA) is 58.2 Å². The third kappa shape index (κ3) is 3.40. The van der Waals surface area contributed by atoms with E-state index >= 15 is 0 Å². The van der Waals surface area contributed by atoms with E-state index in [9.17, 15) is 14.0 Å². The Balaban J connectivity index is 1.55. The molecule has 2 atom stereocenters. The third-order valence-corrected chi connectivity index (χ3v) is 5.47. The number of Topliss-reactive ketones (excluding diaryl/α,β-unsaturated/α-hetero) is 1. The van der Waals surface area contributed by atoms with Gasteiger partial charge in [0.25, 0.3) is 5.91 Å². The van der Waals surface area contributed by atoms with E-state index in [2.05, 4.69) is 10.6 Å². The van der Waals surface area contributed by atoms with E-state index in [1.165, 1.54) is 25.0 Å². The zero-order chi connectivity index (χ0) is 16.4. The first-order valence-electron chi connectivity index (χ1n) is 7.96. The Morgan fingerprint density at radius 1 is 1.43 bits per heavy atom. The molecule has 124 valence electrons. The highest BCUT2D eigenvalue weighted by atomic mass is 35.5. The summed E-state index contributed by atoms with van der Waals surface area (Å²) in [5, 5.41) is 6.17. The zero-order valence-electron chi connectivity index (χ0n) is 12.8. The van der Waals surface area contributed by atoms with Gasteiger partial charge < -0.3 is 10.6 Å². The van der Waals surface area contributed by atoms with Gasteiger partial charge in [-0.1, -0.05) is 24.1 Å². The van der Waals surface area contributed by atoms with Crippen LogP contribution in [-0.4, -0.2) is 31.3 Å². The number of rotatable bonds is 5. The molecular weight excluding hydrogens is 319 g/mol. The van der Waals surface area contributed by atoms with Crippen molar-refractivity contribution < 1.29 is 14.0 Å². The molecule has 2 fully saturated rings. The number of halogens is 2. The van der Waals surface area contributed by atoms with Crippen LogP contribution >= 0.6 is 11.6 Å². The second-order valence-corrected chi connectivity index (χ2v) is 7.02. The average Bonchev–Trinajstić information content (AvgIpc) is 3.08. The number of hydrogen-bond acceptors (Lipinski definition) is 3. The molecule has 0 bridgehead atoms. The van der Waals surface area contributed by atoms with E-state index in [0.717, 1.165) is 19.5 Å². The lowest BCUT2D eigenvalue weighted by atomic mass is 9.80. The summed E-state index contributed by atoms with van der Waals surface area (Å²) in [6.45, 7) is 2.42. The minimum Gasteiger partial charge on any atom is -0.349 e. The molecule has 1 aliphatic carbocycles. The van der Waals surface area contributed by atoms with Crippen LogP contribution in [0.5, 0.6) is 0 Å². The van der Waals surface area contributed by atoms with Gasteiger partial charge in [-0.3, -0.25) is 9.59 Å². The highest BCUT2D eigenvalue weighted by molar-refractivity contribution is 6.36. The predicted molar refractivity (Wildman–Crippen MR) is 85.8 cm³/mol. The molecule has 2 aliphatic rings. The average molecular weight is 339 g/mol. The van der Waals surface area contributed by atoms with Gasteiger partial charge in [-0.2, -0.15) is 0 Å². The monoisotopic (exact) mass is 338 g/mol. The molecule has 1 heterocycles.